The van der Waals surface area contributed by atoms with Gasteiger partial charge in [0.1, 0.15) is 6.61 Å². The lowest BCUT2D eigenvalue weighted by Gasteiger charge is -2.30. The SMILES string of the molecule is CC(=O)OC(C(=O)C=CC(=O)CCCOCCO)C(Cc1ccccc1)C(=O)N1C(=O)OCC1C(C)C. The van der Waals surface area contributed by atoms with E-state index >= 15 is 0 Å². The molecule has 1 aliphatic rings. The Kier molecular flexibility index (Phi) is 12.1. The minimum Gasteiger partial charge on any atom is -0.453 e. The van der Waals surface area contributed by atoms with E-state index in [1.807, 2.05) is 13.8 Å². The van der Waals surface area contributed by atoms with Crippen molar-refractivity contribution in [1.82, 2.24) is 4.90 Å². The first-order valence-corrected chi connectivity index (χ1v) is 12.3. The molecule has 0 radical (unpaired) electrons. The molecule has 1 aliphatic heterocycles. The van der Waals surface area contributed by atoms with E-state index in [1.165, 1.54) is 0 Å². The van der Waals surface area contributed by atoms with Crippen molar-refractivity contribution in [3.63, 3.8) is 0 Å². The van der Waals surface area contributed by atoms with Crippen LogP contribution in [0.4, 0.5) is 4.79 Å². The maximum Gasteiger partial charge on any atom is 0.416 e. The summed E-state index contributed by atoms with van der Waals surface area (Å²) in [6.07, 6.45) is 0.229. The molecule has 1 fully saturated rings. The van der Waals surface area contributed by atoms with Crippen LogP contribution in [0.5, 0.6) is 0 Å². The van der Waals surface area contributed by atoms with Crippen LogP contribution in [0.2, 0.25) is 0 Å². The quantitative estimate of drug-likeness (QED) is 0.211. The average Bonchev–Trinajstić information content (AvgIpc) is 3.26. The second kappa shape index (κ2) is 15.0. The summed E-state index contributed by atoms with van der Waals surface area (Å²) in [6.45, 7) is 5.17. The fourth-order valence-corrected chi connectivity index (χ4v) is 3.94. The van der Waals surface area contributed by atoms with Crippen LogP contribution in [-0.2, 0) is 39.8 Å². The van der Waals surface area contributed by atoms with E-state index in [9.17, 15) is 24.0 Å². The number of esters is 1. The number of rotatable bonds is 15. The summed E-state index contributed by atoms with van der Waals surface area (Å²) >= 11 is 0. The van der Waals surface area contributed by atoms with E-state index in [2.05, 4.69) is 0 Å². The van der Waals surface area contributed by atoms with E-state index < -0.39 is 41.8 Å². The summed E-state index contributed by atoms with van der Waals surface area (Å²) in [4.78, 5) is 64.6. The summed E-state index contributed by atoms with van der Waals surface area (Å²) in [7, 11) is 0. The summed E-state index contributed by atoms with van der Waals surface area (Å²) in [5, 5.41) is 8.71. The third-order valence-corrected chi connectivity index (χ3v) is 5.85. The largest absolute Gasteiger partial charge is 0.453 e. The van der Waals surface area contributed by atoms with Crippen molar-refractivity contribution in [1.29, 1.82) is 0 Å². The van der Waals surface area contributed by atoms with E-state index in [0.29, 0.717) is 12.0 Å². The number of amides is 2. The predicted molar refractivity (Wildman–Crippen MR) is 132 cm³/mol. The molecule has 3 atom stereocenters. The number of aliphatic hydroxyl groups excluding tert-OH is 1. The Morgan fingerprint density at radius 3 is 2.46 bits per heavy atom. The number of nitrogens with zero attached hydrogens (tertiary/aromatic N) is 1. The maximum atomic E-state index is 13.7. The fourth-order valence-electron chi connectivity index (χ4n) is 3.94. The van der Waals surface area contributed by atoms with Gasteiger partial charge in [-0.05, 0) is 36.5 Å². The number of aliphatic hydroxyl groups is 1. The van der Waals surface area contributed by atoms with Crippen molar-refractivity contribution in [3.8, 4) is 0 Å². The molecular weight excluding hydrogens is 482 g/mol. The van der Waals surface area contributed by atoms with Gasteiger partial charge in [0, 0.05) is 20.0 Å². The highest BCUT2D eigenvalue weighted by atomic mass is 16.6. The summed E-state index contributed by atoms with van der Waals surface area (Å²) in [6, 6.07) is 8.32. The molecule has 37 heavy (non-hydrogen) atoms. The third kappa shape index (κ3) is 9.22. The first-order valence-electron chi connectivity index (χ1n) is 12.3. The molecule has 2 rings (SSSR count). The number of carbonyl (C=O) groups excluding carboxylic acids is 5. The highest BCUT2D eigenvalue weighted by Crippen LogP contribution is 2.27. The molecule has 2 amide bonds. The van der Waals surface area contributed by atoms with E-state index in [-0.39, 0.29) is 51.0 Å². The Balaban J connectivity index is 2.30. The number of cyclic esters (lactones) is 1. The van der Waals surface area contributed by atoms with Crippen LogP contribution in [0.25, 0.3) is 0 Å². The minimum atomic E-state index is -1.55. The molecule has 0 bridgehead atoms. The van der Waals surface area contributed by atoms with Gasteiger partial charge in [0.25, 0.3) is 0 Å². The predicted octanol–water partition coefficient (Wildman–Crippen LogP) is 2.26. The lowest BCUT2D eigenvalue weighted by molar-refractivity contribution is -0.159. The van der Waals surface area contributed by atoms with Crippen LogP contribution >= 0.6 is 0 Å². The van der Waals surface area contributed by atoms with E-state index in [4.69, 9.17) is 19.3 Å². The van der Waals surface area contributed by atoms with Gasteiger partial charge in [0.15, 0.2) is 17.7 Å². The van der Waals surface area contributed by atoms with Gasteiger partial charge in [0.2, 0.25) is 5.91 Å². The molecular formula is C27H35NO9. The van der Waals surface area contributed by atoms with Crippen LogP contribution in [0.15, 0.2) is 42.5 Å². The van der Waals surface area contributed by atoms with Crippen LogP contribution < -0.4 is 0 Å². The lowest BCUT2D eigenvalue weighted by Crippen LogP contribution is -2.50. The number of hydrogen-bond donors (Lipinski definition) is 1. The van der Waals surface area contributed by atoms with Gasteiger partial charge in [-0.2, -0.15) is 0 Å². The van der Waals surface area contributed by atoms with Crippen molar-refractivity contribution < 1.29 is 43.3 Å². The Morgan fingerprint density at radius 1 is 1.14 bits per heavy atom. The summed E-state index contributed by atoms with van der Waals surface area (Å²) in [5.74, 6) is -3.90. The van der Waals surface area contributed by atoms with Crippen LogP contribution in [0.3, 0.4) is 0 Å². The van der Waals surface area contributed by atoms with Crippen molar-refractivity contribution in [3.05, 3.63) is 48.0 Å². The van der Waals surface area contributed by atoms with Crippen LogP contribution in [0, 0.1) is 11.8 Å². The highest BCUT2D eigenvalue weighted by Gasteiger charge is 2.46. The van der Waals surface area contributed by atoms with Gasteiger partial charge in [0.05, 0.1) is 25.2 Å². The summed E-state index contributed by atoms with van der Waals surface area (Å²) in [5.41, 5.74) is 0.697. The topological polar surface area (TPSA) is 137 Å². The highest BCUT2D eigenvalue weighted by molar-refractivity contribution is 6.04. The number of carbonyl (C=O) groups is 5. The Labute approximate surface area is 216 Å². The molecule has 0 aliphatic carbocycles. The molecule has 1 aromatic carbocycles. The molecule has 1 N–H and O–H groups in total. The molecule has 3 unspecified atom stereocenters. The monoisotopic (exact) mass is 517 g/mol. The minimum absolute atomic E-state index is 0.0158. The lowest BCUT2D eigenvalue weighted by atomic mass is 9.89. The van der Waals surface area contributed by atoms with Gasteiger partial charge >= 0.3 is 12.1 Å². The van der Waals surface area contributed by atoms with Crippen LogP contribution in [0.1, 0.15) is 39.2 Å². The zero-order valence-corrected chi connectivity index (χ0v) is 21.5. The summed E-state index contributed by atoms with van der Waals surface area (Å²) < 4.78 is 15.5. The number of ketones is 2. The van der Waals surface area contributed by atoms with Crippen LogP contribution in [-0.4, -0.2) is 78.1 Å². The third-order valence-electron chi connectivity index (χ3n) is 5.85. The molecule has 0 spiro atoms. The Hall–Kier alpha value is -3.37. The number of hydrogen-bond acceptors (Lipinski definition) is 9. The normalized spacial score (nSPS) is 17.1. The van der Waals surface area contributed by atoms with E-state index in [0.717, 1.165) is 24.0 Å². The second-order valence-electron chi connectivity index (χ2n) is 9.06. The van der Waals surface area contributed by atoms with Gasteiger partial charge in [-0.1, -0.05) is 44.2 Å². The van der Waals surface area contributed by atoms with Crippen molar-refractivity contribution >= 4 is 29.5 Å². The molecule has 1 saturated heterocycles. The maximum absolute atomic E-state index is 13.7. The van der Waals surface area contributed by atoms with E-state index in [1.54, 1.807) is 30.3 Å². The molecule has 0 saturated carbocycles. The number of imide groups is 1. The van der Waals surface area contributed by atoms with Gasteiger partial charge in [-0.25, -0.2) is 9.69 Å². The first-order chi connectivity index (χ1) is 17.6. The van der Waals surface area contributed by atoms with Crippen molar-refractivity contribution in [2.75, 3.05) is 26.4 Å². The molecule has 1 aromatic rings. The Bertz CT molecular complexity index is 973. The number of ether oxygens (including phenoxy) is 3. The van der Waals surface area contributed by atoms with Gasteiger partial charge in [-0.15, -0.1) is 0 Å². The second-order valence-corrected chi connectivity index (χ2v) is 9.06. The first kappa shape index (κ1) is 29.9. The number of allylic oxidation sites excluding steroid dienone is 1. The average molecular weight is 518 g/mol. The Morgan fingerprint density at radius 2 is 1.84 bits per heavy atom. The van der Waals surface area contributed by atoms with Gasteiger partial charge < -0.3 is 19.3 Å². The smallest absolute Gasteiger partial charge is 0.416 e. The standard InChI is InChI=1S/C27H35NO9/c1-18(2)23-17-36-27(34)28(23)26(33)22(16-20-8-5-4-6-9-20)25(37-19(3)30)24(32)12-11-21(31)10-7-14-35-15-13-29/h4-6,8-9,11-12,18,22-23,25,29H,7,10,13-17H2,1-3H3. The van der Waals surface area contributed by atoms with Gasteiger partial charge in [-0.3, -0.25) is 19.2 Å². The number of benzene rings is 1. The fraction of sp³-hybridized carbons (Fsp3) is 0.519. The molecule has 10 heteroatoms. The molecule has 0 aromatic heterocycles. The van der Waals surface area contributed by atoms with Crippen molar-refractivity contribution in [2.45, 2.75) is 52.2 Å². The molecule has 202 valence electrons. The van der Waals surface area contributed by atoms with Crippen molar-refractivity contribution in [2.24, 2.45) is 11.8 Å². The zero-order chi connectivity index (χ0) is 27.4. The molecule has 1 heterocycles. The zero-order valence-electron chi connectivity index (χ0n) is 21.5. The molecule has 10 nitrogen and oxygen atoms in total.